The second kappa shape index (κ2) is 5.40. The van der Waals surface area contributed by atoms with Gasteiger partial charge in [0.2, 0.25) is 0 Å². The Morgan fingerprint density at radius 2 is 2.18 bits per heavy atom. The van der Waals surface area contributed by atoms with E-state index in [4.69, 9.17) is 0 Å². The van der Waals surface area contributed by atoms with Crippen molar-refractivity contribution in [3.05, 3.63) is 29.6 Å². The molecule has 0 bridgehead atoms. The average molecular weight is 257 g/mol. The van der Waals surface area contributed by atoms with E-state index in [0.29, 0.717) is 6.54 Å². The zero-order chi connectivity index (χ0) is 13.1. The number of benzene rings is 1. The molecule has 94 valence electrons. The van der Waals surface area contributed by atoms with Crippen molar-refractivity contribution in [2.45, 2.75) is 18.6 Å². The van der Waals surface area contributed by atoms with Gasteiger partial charge in [-0.05, 0) is 38.3 Å². The van der Waals surface area contributed by atoms with Crippen LogP contribution in [0.2, 0.25) is 0 Å². The fourth-order valence-electron chi connectivity index (χ4n) is 1.15. The lowest BCUT2D eigenvalue weighted by atomic mass is 10.1. The largest absolute Gasteiger partial charge is 0.507 e. The highest BCUT2D eigenvalue weighted by Gasteiger charge is 2.19. The van der Waals surface area contributed by atoms with Crippen LogP contribution < -0.4 is 5.32 Å². The monoisotopic (exact) mass is 257 g/mol. The second-order valence-corrected chi connectivity index (χ2v) is 5.82. The van der Waals surface area contributed by atoms with Gasteiger partial charge < -0.3 is 10.4 Å². The molecule has 1 rings (SSSR count). The van der Waals surface area contributed by atoms with Crippen molar-refractivity contribution in [1.29, 1.82) is 0 Å². The van der Waals surface area contributed by atoms with E-state index in [-0.39, 0.29) is 16.1 Å². The molecule has 0 saturated heterocycles. The first kappa shape index (κ1) is 13.8. The summed E-state index contributed by atoms with van der Waals surface area (Å²) in [6, 6.07) is 3.30. The Labute approximate surface area is 104 Å². The van der Waals surface area contributed by atoms with Gasteiger partial charge >= 0.3 is 0 Å². The number of carbonyl (C=O) groups is 1. The smallest absolute Gasteiger partial charge is 0.255 e. The molecule has 0 spiro atoms. The van der Waals surface area contributed by atoms with Crippen LogP contribution in [0.15, 0.2) is 18.2 Å². The lowest BCUT2D eigenvalue weighted by molar-refractivity contribution is 0.0947. The molecule has 0 unspecified atom stereocenters. The lowest BCUT2D eigenvalue weighted by Gasteiger charge is -2.22. The van der Waals surface area contributed by atoms with Gasteiger partial charge in [0.05, 0.1) is 5.56 Å². The van der Waals surface area contributed by atoms with E-state index < -0.39 is 11.7 Å². The third-order valence-electron chi connectivity index (χ3n) is 2.43. The number of phenolic OH excluding ortho intramolecular Hbond substituents is 1. The summed E-state index contributed by atoms with van der Waals surface area (Å²) in [4.78, 5) is 11.7. The molecule has 2 N–H and O–H groups in total. The van der Waals surface area contributed by atoms with Crippen LogP contribution in [-0.4, -0.2) is 28.6 Å². The average Bonchev–Trinajstić information content (AvgIpc) is 2.29. The van der Waals surface area contributed by atoms with Crippen LogP contribution in [0.5, 0.6) is 5.75 Å². The molecule has 0 aromatic heterocycles. The highest BCUT2D eigenvalue weighted by atomic mass is 32.2. The van der Waals surface area contributed by atoms with Gasteiger partial charge in [-0.2, -0.15) is 11.8 Å². The number of rotatable bonds is 4. The molecule has 17 heavy (non-hydrogen) atoms. The minimum atomic E-state index is -0.544. The Hall–Kier alpha value is -1.23. The van der Waals surface area contributed by atoms with Gasteiger partial charge in [0.15, 0.2) is 0 Å². The topological polar surface area (TPSA) is 49.3 Å². The summed E-state index contributed by atoms with van der Waals surface area (Å²) in [5.41, 5.74) is -0.0399. The molecule has 1 amide bonds. The van der Waals surface area contributed by atoms with Crippen molar-refractivity contribution in [3.8, 4) is 5.75 Å². The lowest BCUT2D eigenvalue weighted by Crippen LogP contribution is -2.36. The maximum Gasteiger partial charge on any atom is 0.255 e. The van der Waals surface area contributed by atoms with E-state index in [0.717, 1.165) is 12.1 Å². The number of phenols is 1. The molecule has 0 heterocycles. The normalized spacial score (nSPS) is 11.3. The van der Waals surface area contributed by atoms with Crippen LogP contribution >= 0.6 is 11.8 Å². The molecule has 0 radical (unpaired) electrons. The zero-order valence-electron chi connectivity index (χ0n) is 10.1. The minimum Gasteiger partial charge on any atom is -0.507 e. The number of thioether (sulfide) groups is 1. The van der Waals surface area contributed by atoms with Crippen molar-refractivity contribution < 1.29 is 14.3 Å². The molecular formula is C12H16FNO2S. The molecule has 1 aromatic carbocycles. The summed E-state index contributed by atoms with van der Waals surface area (Å²) in [6.07, 6.45) is 1.95. The minimum absolute atomic E-state index is 0.0399. The Bertz CT molecular complexity index is 421. The summed E-state index contributed by atoms with van der Waals surface area (Å²) >= 11 is 1.62. The van der Waals surface area contributed by atoms with Gasteiger partial charge in [-0.3, -0.25) is 4.79 Å². The first-order valence-electron chi connectivity index (χ1n) is 5.17. The molecule has 5 heteroatoms. The molecular weight excluding hydrogens is 241 g/mol. The van der Waals surface area contributed by atoms with Crippen molar-refractivity contribution >= 4 is 17.7 Å². The van der Waals surface area contributed by atoms with Crippen molar-refractivity contribution in [3.63, 3.8) is 0 Å². The molecule has 3 nitrogen and oxygen atoms in total. The van der Waals surface area contributed by atoms with Crippen molar-refractivity contribution in [1.82, 2.24) is 5.32 Å². The first-order valence-corrected chi connectivity index (χ1v) is 6.40. The number of aromatic hydroxyl groups is 1. The van der Waals surface area contributed by atoms with Crippen LogP contribution in [-0.2, 0) is 0 Å². The Morgan fingerprint density at radius 1 is 1.53 bits per heavy atom. The third kappa shape index (κ3) is 3.93. The van der Waals surface area contributed by atoms with Gasteiger partial charge in [-0.25, -0.2) is 4.39 Å². The van der Waals surface area contributed by atoms with Gasteiger partial charge in [-0.1, -0.05) is 0 Å². The number of nitrogens with one attached hydrogen (secondary N) is 1. The van der Waals surface area contributed by atoms with Crippen LogP contribution in [0.4, 0.5) is 4.39 Å². The maximum atomic E-state index is 13.0. The number of hydrogen-bond donors (Lipinski definition) is 2. The highest BCUT2D eigenvalue weighted by Crippen LogP contribution is 2.21. The summed E-state index contributed by atoms with van der Waals surface area (Å²) in [7, 11) is 0. The number of hydrogen-bond acceptors (Lipinski definition) is 3. The van der Waals surface area contributed by atoms with E-state index in [9.17, 15) is 14.3 Å². The number of halogens is 1. The SMILES string of the molecule is CSC(C)(C)CNC(=O)c1cc(F)ccc1O. The van der Waals surface area contributed by atoms with Crippen LogP contribution in [0.25, 0.3) is 0 Å². The summed E-state index contributed by atoms with van der Waals surface area (Å²) in [5, 5.41) is 12.1. The molecule has 0 atom stereocenters. The predicted molar refractivity (Wildman–Crippen MR) is 68.0 cm³/mol. The number of amides is 1. The summed E-state index contributed by atoms with van der Waals surface area (Å²) < 4.78 is 12.9. The maximum absolute atomic E-state index is 13.0. The van der Waals surface area contributed by atoms with Gasteiger partial charge in [0, 0.05) is 11.3 Å². The molecule has 0 fully saturated rings. The second-order valence-electron chi connectivity index (χ2n) is 4.31. The van der Waals surface area contributed by atoms with E-state index in [1.54, 1.807) is 11.8 Å². The first-order chi connectivity index (χ1) is 7.85. The van der Waals surface area contributed by atoms with Crippen molar-refractivity contribution in [2.75, 3.05) is 12.8 Å². The van der Waals surface area contributed by atoms with Crippen LogP contribution in [0.1, 0.15) is 24.2 Å². The fraction of sp³-hybridized carbons (Fsp3) is 0.417. The quantitative estimate of drug-likeness (QED) is 0.870. The van der Waals surface area contributed by atoms with Crippen LogP contribution in [0.3, 0.4) is 0 Å². The van der Waals surface area contributed by atoms with Gasteiger partial charge in [-0.15, -0.1) is 0 Å². The fourth-order valence-corrected chi connectivity index (χ4v) is 1.37. The van der Waals surface area contributed by atoms with Crippen molar-refractivity contribution in [2.24, 2.45) is 0 Å². The van der Waals surface area contributed by atoms with Gasteiger partial charge in [0.1, 0.15) is 11.6 Å². The van der Waals surface area contributed by atoms with E-state index >= 15 is 0 Å². The van der Waals surface area contributed by atoms with E-state index in [1.165, 1.54) is 6.07 Å². The number of carbonyl (C=O) groups excluding carboxylic acids is 1. The van der Waals surface area contributed by atoms with E-state index in [1.807, 2.05) is 20.1 Å². The summed E-state index contributed by atoms with van der Waals surface area (Å²) in [6.45, 7) is 4.43. The van der Waals surface area contributed by atoms with E-state index in [2.05, 4.69) is 5.32 Å². The Balaban J connectivity index is 2.74. The summed E-state index contributed by atoms with van der Waals surface area (Å²) in [5.74, 6) is -1.23. The molecule has 1 aromatic rings. The molecule has 0 aliphatic carbocycles. The molecule has 0 aliphatic rings. The zero-order valence-corrected chi connectivity index (χ0v) is 10.9. The predicted octanol–water partition coefficient (Wildman–Crippen LogP) is 2.40. The Kier molecular flexibility index (Phi) is 4.40. The third-order valence-corrected chi connectivity index (χ3v) is 3.68. The molecule has 0 saturated carbocycles. The van der Waals surface area contributed by atoms with Crippen LogP contribution in [0, 0.1) is 5.82 Å². The highest BCUT2D eigenvalue weighted by molar-refractivity contribution is 7.99. The van der Waals surface area contributed by atoms with Gasteiger partial charge in [0.25, 0.3) is 5.91 Å². The molecule has 0 aliphatic heterocycles. The Morgan fingerprint density at radius 3 is 2.76 bits per heavy atom. The standard InChI is InChI=1S/C12H16FNO2S/c1-12(2,17-3)7-14-11(16)9-6-8(13)4-5-10(9)15/h4-6,15H,7H2,1-3H3,(H,14,16).